The number of pyridine rings is 1. The summed E-state index contributed by atoms with van der Waals surface area (Å²) in [4.78, 5) is 14.8. The Labute approximate surface area is 111 Å². The van der Waals surface area contributed by atoms with Crippen LogP contribution in [0.3, 0.4) is 0 Å². The molecule has 1 unspecified atom stereocenters. The zero-order valence-corrected chi connectivity index (χ0v) is 10.7. The fourth-order valence-corrected chi connectivity index (χ4v) is 1.74. The number of aromatic nitrogens is 1. The first kappa shape index (κ1) is 13.1. The number of nitrogens with zero attached hydrogens (tertiary/aromatic N) is 1. The number of aryl methyl sites for hydroxylation is 1. The van der Waals surface area contributed by atoms with E-state index in [-0.39, 0.29) is 11.6 Å². The Hall–Kier alpha value is -2.30. The zero-order chi connectivity index (χ0) is 13.7. The van der Waals surface area contributed by atoms with E-state index in [4.69, 9.17) is 9.52 Å². The minimum absolute atomic E-state index is 0.189. The van der Waals surface area contributed by atoms with Gasteiger partial charge in [-0.2, -0.15) is 0 Å². The average Bonchev–Trinajstić information content (AvgIpc) is 2.90. The molecular formula is C14H16N2O3. The lowest BCUT2D eigenvalue weighted by Crippen LogP contribution is -2.16. The van der Waals surface area contributed by atoms with Crippen LogP contribution < -0.4 is 5.32 Å². The standard InChI is InChI=1S/C14H16N2O3/c1-10(4-6-12-3-2-8-19-12)16-13-7-5-11(9-15-13)14(17)18/h2-3,5,7-10H,4,6H2,1H3,(H,15,16)(H,17,18). The van der Waals surface area contributed by atoms with E-state index in [0.717, 1.165) is 18.6 Å². The van der Waals surface area contributed by atoms with Crippen molar-refractivity contribution in [2.45, 2.75) is 25.8 Å². The molecule has 19 heavy (non-hydrogen) atoms. The smallest absolute Gasteiger partial charge is 0.337 e. The van der Waals surface area contributed by atoms with Gasteiger partial charge in [-0.1, -0.05) is 0 Å². The van der Waals surface area contributed by atoms with E-state index in [1.54, 1.807) is 12.3 Å². The summed E-state index contributed by atoms with van der Waals surface area (Å²) in [5.74, 6) is 0.671. The number of rotatable bonds is 6. The normalized spacial score (nSPS) is 12.1. The number of hydrogen-bond acceptors (Lipinski definition) is 4. The van der Waals surface area contributed by atoms with Crippen molar-refractivity contribution in [1.29, 1.82) is 0 Å². The van der Waals surface area contributed by atoms with E-state index in [2.05, 4.69) is 17.2 Å². The van der Waals surface area contributed by atoms with Gasteiger partial charge in [-0.3, -0.25) is 0 Å². The molecule has 2 rings (SSSR count). The largest absolute Gasteiger partial charge is 0.478 e. The quantitative estimate of drug-likeness (QED) is 0.835. The molecule has 0 aliphatic carbocycles. The van der Waals surface area contributed by atoms with E-state index >= 15 is 0 Å². The molecule has 2 aromatic heterocycles. The van der Waals surface area contributed by atoms with Gasteiger partial charge in [0.15, 0.2) is 0 Å². The van der Waals surface area contributed by atoms with Gasteiger partial charge in [0.2, 0.25) is 0 Å². The molecule has 0 aromatic carbocycles. The molecule has 100 valence electrons. The van der Waals surface area contributed by atoms with Crippen molar-refractivity contribution in [1.82, 2.24) is 4.98 Å². The van der Waals surface area contributed by atoms with Crippen molar-refractivity contribution in [2.24, 2.45) is 0 Å². The Morgan fingerprint density at radius 3 is 2.89 bits per heavy atom. The topological polar surface area (TPSA) is 75.4 Å². The van der Waals surface area contributed by atoms with Gasteiger partial charge in [-0.25, -0.2) is 9.78 Å². The maximum atomic E-state index is 10.7. The van der Waals surface area contributed by atoms with Crippen LogP contribution in [0.1, 0.15) is 29.5 Å². The third kappa shape index (κ3) is 3.84. The Balaban J connectivity index is 1.84. The first-order valence-electron chi connectivity index (χ1n) is 6.13. The monoisotopic (exact) mass is 260 g/mol. The summed E-state index contributed by atoms with van der Waals surface area (Å²) in [5, 5.41) is 12.0. The van der Waals surface area contributed by atoms with Gasteiger partial charge in [0, 0.05) is 18.7 Å². The maximum Gasteiger partial charge on any atom is 0.337 e. The van der Waals surface area contributed by atoms with Gasteiger partial charge in [0.1, 0.15) is 11.6 Å². The molecule has 2 N–H and O–H groups in total. The SMILES string of the molecule is CC(CCc1ccco1)Nc1ccc(C(=O)O)cn1. The van der Waals surface area contributed by atoms with Crippen LogP contribution in [0, 0.1) is 0 Å². The number of furan rings is 1. The molecule has 0 fully saturated rings. The molecule has 0 radical (unpaired) electrons. The molecule has 0 aliphatic rings. The molecule has 5 heteroatoms. The lowest BCUT2D eigenvalue weighted by atomic mass is 10.1. The number of carbonyl (C=O) groups is 1. The maximum absolute atomic E-state index is 10.7. The molecule has 0 saturated heterocycles. The summed E-state index contributed by atoms with van der Waals surface area (Å²) in [6.07, 6.45) is 4.79. The van der Waals surface area contributed by atoms with Crippen molar-refractivity contribution in [2.75, 3.05) is 5.32 Å². The zero-order valence-electron chi connectivity index (χ0n) is 10.7. The number of nitrogens with one attached hydrogen (secondary N) is 1. The second kappa shape index (κ2) is 6.04. The second-order valence-corrected chi connectivity index (χ2v) is 4.40. The van der Waals surface area contributed by atoms with E-state index in [1.165, 1.54) is 12.3 Å². The minimum Gasteiger partial charge on any atom is -0.478 e. The fourth-order valence-electron chi connectivity index (χ4n) is 1.74. The predicted octanol–water partition coefficient (Wildman–Crippen LogP) is 2.81. The highest BCUT2D eigenvalue weighted by atomic mass is 16.4. The molecule has 5 nitrogen and oxygen atoms in total. The fraction of sp³-hybridized carbons (Fsp3) is 0.286. The summed E-state index contributed by atoms with van der Waals surface area (Å²) in [7, 11) is 0. The van der Waals surface area contributed by atoms with Crippen LogP contribution in [0.2, 0.25) is 0 Å². The average molecular weight is 260 g/mol. The third-order valence-corrected chi connectivity index (χ3v) is 2.81. The summed E-state index contributed by atoms with van der Waals surface area (Å²) < 4.78 is 5.27. The van der Waals surface area contributed by atoms with E-state index < -0.39 is 5.97 Å². The van der Waals surface area contributed by atoms with Crippen LogP contribution in [0.15, 0.2) is 41.1 Å². The van der Waals surface area contributed by atoms with Crippen LogP contribution in [-0.2, 0) is 6.42 Å². The Kier molecular flexibility index (Phi) is 4.18. The Morgan fingerprint density at radius 1 is 1.47 bits per heavy atom. The lowest BCUT2D eigenvalue weighted by Gasteiger charge is -2.13. The first-order valence-corrected chi connectivity index (χ1v) is 6.13. The summed E-state index contributed by atoms with van der Waals surface area (Å²) >= 11 is 0. The van der Waals surface area contributed by atoms with E-state index in [1.807, 2.05) is 12.1 Å². The Morgan fingerprint density at radius 2 is 2.32 bits per heavy atom. The van der Waals surface area contributed by atoms with Crippen LogP contribution in [-0.4, -0.2) is 22.1 Å². The molecule has 2 aromatic rings. The van der Waals surface area contributed by atoms with Crippen LogP contribution in [0.4, 0.5) is 5.82 Å². The summed E-state index contributed by atoms with van der Waals surface area (Å²) in [6, 6.07) is 7.27. The van der Waals surface area contributed by atoms with Crippen molar-refractivity contribution >= 4 is 11.8 Å². The van der Waals surface area contributed by atoms with E-state index in [0.29, 0.717) is 5.82 Å². The van der Waals surface area contributed by atoms with Crippen molar-refractivity contribution in [3.8, 4) is 0 Å². The molecule has 0 spiro atoms. The third-order valence-electron chi connectivity index (χ3n) is 2.81. The molecule has 2 heterocycles. The Bertz CT molecular complexity index is 520. The number of anilines is 1. The number of carboxylic acids is 1. The van der Waals surface area contributed by atoms with Crippen LogP contribution in [0.5, 0.6) is 0 Å². The molecule has 0 bridgehead atoms. The van der Waals surface area contributed by atoms with Crippen molar-refractivity contribution in [3.05, 3.63) is 48.0 Å². The van der Waals surface area contributed by atoms with Gasteiger partial charge in [0.05, 0.1) is 11.8 Å². The van der Waals surface area contributed by atoms with Gasteiger partial charge in [-0.15, -0.1) is 0 Å². The van der Waals surface area contributed by atoms with Gasteiger partial charge >= 0.3 is 5.97 Å². The summed E-state index contributed by atoms with van der Waals surface area (Å²) in [5.41, 5.74) is 0.189. The van der Waals surface area contributed by atoms with Crippen LogP contribution >= 0.6 is 0 Å². The molecule has 1 atom stereocenters. The number of carboxylic acid groups (broad SMARTS) is 1. The summed E-state index contributed by atoms with van der Waals surface area (Å²) in [6.45, 7) is 2.05. The van der Waals surface area contributed by atoms with Gasteiger partial charge in [-0.05, 0) is 37.6 Å². The van der Waals surface area contributed by atoms with Crippen molar-refractivity contribution in [3.63, 3.8) is 0 Å². The predicted molar refractivity (Wildman–Crippen MR) is 71.3 cm³/mol. The van der Waals surface area contributed by atoms with Gasteiger partial charge < -0.3 is 14.8 Å². The minimum atomic E-state index is -0.968. The molecule has 0 amide bonds. The number of hydrogen-bond donors (Lipinski definition) is 2. The van der Waals surface area contributed by atoms with Crippen molar-refractivity contribution < 1.29 is 14.3 Å². The molecular weight excluding hydrogens is 244 g/mol. The van der Waals surface area contributed by atoms with Crippen LogP contribution in [0.25, 0.3) is 0 Å². The van der Waals surface area contributed by atoms with Gasteiger partial charge in [0.25, 0.3) is 0 Å². The number of aromatic carboxylic acids is 1. The highest BCUT2D eigenvalue weighted by Gasteiger charge is 2.06. The molecule has 0 aliphatic heterocycles. The second-order valence-electron chi connectivity index (χ2n) is 4.40. The molecule has 0 saturated carbocycles. The first-order chi connectivity index (χ1) is 9.15. The highest BCUT2D eigenvalue weighted by Crippen LogP contribution is 2.11. The lowest BCUT2D eigenvalue weighted by molar-refractivity contribution is 0.0696. The highest BCUT2D eigenvalue weighted by molar-refractivity contribution is 5.87. The van der Waals surface area contributed by atoms with E-state index in [9.17, 15) is 4.79 Å².